The average Bonchev–Trinajstić information content (AvgIpc) is 2.80. The van der Waals surface area contributed by atoms with E-state index in [0.29, 0.717) is 0 Å². The molecule has 33 heavy (non-hydrogen) atoms. The van der Waals surface area contributed by atoms with E-state index in [1.807, 2.05) is 12.1 Å². The molecule has 0 aliphatic carbocycles. The van der Waals surface area contributed by atoms with Crippen LogP contribution in [-0.2, 0) is 0 Å². The molecule has 0 aromatic heterocycles. The molecule has 2 aromatic carbocycles. The van der Waals surface area contributed by atoms with Gasteiger partial charge in [0, 0.05) is 40.3 Å². The van der Waals surface area contributed by atoms with Gasteiger partial charge in [0.05, 0.1) is 29.4 Å². The molecule has 0 radical (unpaired) electrons. The summed E-state index contributed by atoms with van der Waals surface area (Å²) in [4.78, 5) is 9.18. The summed E-state index contributed by atoms with van der Waals surface area (Å²) in [6, 6.07) is 3.97. The van der Waals surface area contributed by atoms with Crippen molar-refractivity contribution in [3.8, 4) is 0 Å². The summed E-state index contributed by atoms with van der Waals surface area (Å²) in [5.41, 5.74) is 2.24. The van der Waals surface area contributed by atoms with Gasteiger partial charge in [-0.25, -0.2) is 0 Å². The second-order valence-corrected chi connectivity index (χ2v) is 9.76. The van der Waals surface area contributed by atoms with Crippen LogP contribution < -0.4 is 61.2 Å². The number of likely N-dealkylation sites (N-methyl/N-ethyl adjacent to an activating group) is 3. The van der Waals surface area contributed by atoms with E-state index in [-0.39, 0.29) is 51.4 Å². The summed E-state index contributed by atoms with van der Waals surface area (Å²) in [5.74, 6) is 0. The van der Waals surface area contributed by atoms with E-state index >= 15 is 0 Å². The largest absolute Gasteiger partial charge is 1.00 e. The van der Waals surface area contributed by atoms with Gasteiger partial charge in [-0.05, 0) is 44.6 Å². The molecular formula is C24H39KN4S4. The quantitative estimate of drug-likeness (QED) is 0.200. The van der Waals surface area contributed by atoms with Crippen molar-refractivity contribution in [1.82, 2.24) is 9.80 Å². The fourth-order valence-corrected chi connectivity index (χ4v) is 4.37. The Morgan fingerprint density at radius 3 is 1.36 bits per heavy atom. The Kier molecular flexibility index (Phi) is 18.8. The third-order valence-corrected chi connectivity index (χ3v) is 7.38. The van der Waals surface area contributed by atoms with Crippen LogP contribution in [0.2, 0.25) is 0 Å². The van der Waals surface area contributed by atoms with E-state index in [2.05, 4.69) is 61.4 Å². The first-order chi connectivity index (χ1) is 15.2. The summed E-state index contributed by atoms with van der Waals surface area (Å²) < 4.78 is 3.35. The maximum Gasteiger partial charge on any atom is 1.00 e. The van der Waals surface area contributed by atoms with Crippen LogP contribution in [-0.4, -0.2) is 76.3 Å². The van der Waals surface area contributed by atoms with Gasteiger partial charge in [-0.1, -0.05) is 69.6 Å². The van der Waals surface area contributed by atoms with Crippen LogP contribution in [0.4, 0.5) is 11.4 Å². The third-order valence-electron chi connectivity index (χ3n) is 5.62. The van der Waals surface area contributed by atoms with Crippen LogP contribution in [0.1, 0.15) is 33.6 Å². The molecule has 0 atom stereocenters. The monoisotopic (exact) mass is 550 g/mol. The molecular weight excluding hydrogens is 512 g/mol. The number of hydrogen-bond acceptors (Lipinski definition) is 8. The average molecular weight is 551 g/mol. The summed E-state index contributed by atoms with van der Waals surface area (Å²) in [7, 11) is 4.15. The van der Waals surface area contributed by atoms with E-state index in [0.717, 1.165) is 75.2 Å². The van der Waals surface area contributed by atoms with Gasteiger partial charge in [-0.2, -0.15) is 0 Å². The topological polar surface area (TPSA) is 13.0 Å². The van der Waals surface area contributed by atoms with Crippen molar-refractivity contribution >= 4 is 60.2 Å². The zero-order chi connectivity index (χ0) is 24.3. The van der Waals surface area contributed by atoms with Crippen molar-refractivity contribution in [3.63, 3.8) is 0 Å². The molecule has 2 aromatic rings. The Labute approximate surface area is 265 Å². The van der Waals surface area contributed by atoms with E-state index < -0.39 is 0 Å². The van der Waals surface area contributed by atoms with Crippen molar-refractivity contribution in [1.29, 1.82) is 0 Å². The van der Waals surface area contributed by atoms with Crippen LogP contribution in [0.5, 0.6) is 0 Å². The van der Waals surface area contributed by atoms with Crippen molar-refractivity contribution in [3.05, 3.63) is 37.1 Å². The number of hydrogen-bond donors (Lipinski definition) is 0. The molecule has 0 bridgehead atoms. The predicted octanol–water partition coefficient (Wildman–Crippen LogP) is 3.20. The SMILES string of the molecule is CCCN(CC)CCN(C)c1cc(=S)c1=S.[CH2-]CN(CCC)CCN(C)c1cc(=S)c1=S.[K+]. The maximum atomic E-state index is 5.20. The standard InChI is InChI=1S/C12H20N2S2.C12H19N2S2.K/c2*1-4-6-14(5-2)8-7-13(3)10-9-11(15)12(10)16;/h9H,4-8H2,1-3H3;9H,2,4-8H2,1,3H3;/q;-1;+1. The fourth-order valence-electron chi connectivity index (χ4n) is 3.39. The van der Waals surface area contributed by atoms with Gasteiger partial charge in [-0.3, -0.25) is 0 Å². The van der Waals surface area contributed by atoms with Crippen LogP contribution in [0, 0.1) is 25.0 Å². The van der Waals surface area contributed by atoms with Crippen molar-refractivity contribution in [2.45, 2.75) is 33.6 Å². The molecule has 0 aliphatic heterocycles. The number of anilines is 2. The van der Waals surface area contributed by atoms with Crippen LogP contribution >= 0.6 is 48.9 Å². The minimum absolute atomic E-state index is 0. The van der Waals surface area contributed by atoms with Crippen molar-refractivity contribution in [2.24, 2.45) is 0 Å². The van der Waals surface area contributed by atoms with Gasteiger partial charge >= 0.3 is 51.4 Å². The van der Waals surface area contributed by atoms with Gasteiger partial charge in [-0.15, -0.1) is 6.54 Å². The Balaban J connectivity index is 0.000000602. The Bertz CT molecular complexity index is 870. The molecule has 0 saturated heterocycles. The second-order valence-electron chi connectivity index (χ2n) is 8.06. The van der Waals surface area contributed by atoms with E-state index in [1.54, 1.807) is 0 Å². The summed E-state index contributed by atoms with van der Waals surface area (Å²) in [5, 5.41) is 0. The molecule has 0 unspecified atom stereocenters. The third kappa shape index (κ3) is 11.3. The number of nitrogens with zero attached hydrogens (tertiary/aromatic N) is 4. The molecule has 0 amide bonds. The molecule has 0 saturated carbocycles. The first kappa shape index (κ1) is 34.0. The molecule has 0 N–H and O–H groups in total. The summed E-state index contributed by atoms with van der Waals surface area (Å²) in [6.07, 6.45) is 2.38. The zero-order valence-corrected chi connectivity index (χ0v) is 27.7. The number of rotatable bonds is 14. The molecule has 0 heterocycles. The summed E-state index contributed by atoms with van der Waals surface area (Å²) in [6.45, 7) is 18.9. The first-order valence-corrected chi connectivity index (χ1v) is 13.1. The van der Waals surface area contributed by atoms with Crippen molar-refractivity contribution in [2.75, 3.05) is 76.3 Å². The molecule has 0 fully saturated rings. The molecule has 0 aliphatic rings. The molecule has 4 nitrogen and oxygen atoms in total. The minimum atomic E-state index is 0. The zero-order valence-electron chi connectivity index (χ0n) is 21.4. The fraction of sp³-hybridized carbons (Fsp3) is 0.625. The molecule has 2 rings (SSSR count). The van der Waals surface area contributed by atoms with Gasteiger partial charge in [0.2, 0.25) is 0 Å². The predicted molar refractivity (Wildman–Crippen MR) is 152 cm³/mol. The van der Waals surface area contributed by atoms with Gasteiger partial charge in [0.1, 0.15) is 0 Å². The van der Waals surface area contributed by atoms with E-state index in [9.17, 15) is 0 Å². The van der Waals surface area contributed by atoms with Crippen LogP contribution in [0.3, 0.4) is 0 Å². The Morgan fingerprint density at radius 2 is 1.06 bits per heavy atom. The van der Waals surface area contributed by atoms with Gasteiger partial charge in [0.15, 0.2) is 0 Å². The van der Waals surface area contributed by atoms with Crippen LogP contribution in [0.15, 0.2) is 12.1 Å². The first-order valence-electron chi connectivity index (χ1n) is 11.5. The minimum Gasteiger partial charge on any atom is -0.372 e. The van der Waals surface area contributed by atoms with E-state index in [1.165, 1.54) is 19.4 Å². The summed E-state index contributed by atoms with van der Waals surface area (Å²) >= 11 is 20.5. The maximum absolute atomic E-state index is 5.20. The second kappa shape index (κ2) is 18.3. The smallest absolute Gasteiger partial charge is 0.372 e. The molecule has 180 valence electrons. The Hall–Kier alpha value is 0.996. The molecule has 0 spiro atoms. The normalized spacial score (nSPS) is 10.9. The molecule has 9 heteroatoms. The van der Waals surface area contributed by atoms with Gasteiger partial charge in [0.25, 0.3) is 0 Å². The van der Waals surface area contributed by atoms with Crippen LogP contribution in [0.25, 0.3) is 0 Å². The Morgan fingerprint density at radius 1 is 0.667 bits per heavy atom. The van der Waals surface area contributed by atoms with Crippen molar-refractivity contribution < 1.29 is 51.4 Å². The van der Waals surface area contributed by atoms with Gasteiger partial charge < -0.3 is 26.5 Å². The van der Waals surface area contributed by atoms with E-state index in [4.69, 9.17) is 48.9 Å².